The fraction of sp³-hybridized carbons (Fsp3) is 0.143. The van der Waals surface area contributed by atoms with E-state index in [2.05, 4.69) is 15.9 Å². The molecule has 18 heavy (non-hydrogen) atoms. The summed E-state index contributed by atoms with van der Waals surface area (Å²) in [6.45, 7) is 0.448. The maximum Gasteiger partial charge on any atom is 0.119 e. The fourth-order valence-corrected chi connectivity index (χ4v) is 2.07. The number of aliphatic hydroxyl groups excluding tert-OH is 1. The highest BCUT2D eigenvalue weighted by molar-refractivity contribution is 9.10. The largest absolute Gasteiger partial charge is 0.489 e. The van der Waals surface area contributed by atoms with Gasteiger partial charge in [-0.15, -0.1) is 0 Å². The molecule has 2 rings (SSSR count). The topological polar surface area (TPSA) is 55.5 Å². The molecular formula is C14H14BrNO2. The van der Waals surface area contributed by atoms with E-state index in [-0.39, 0.29) is 6.61 Å². The van der Waals surface area contributed by atoms with Gasteiger partial charge in [0, 0.05) is 15.7 Å². The number of hydrogen-bond donors (Lipinski definition) is 2. The van der Waals surface area contributed by atoms with Gasteiger partial charge in [0.1, 0.15) is 12.4 Å². The predicted molar refractivity (Wildman–Crippen MR) is 75.3 cm³/mol. The highest BCUT2D eigenvalue weighted by Crippen LogP contribution is 2.24. The molecule has 0 aliphatic rings. The molecule has 0 aliphatic heterocycles. The Morgan fingerprint density at radius 1 is 1.11 bits per heavy atom. The average molecular weight is 308 g/mol. The van der Waals surface area contributed by atoms with Crippen LogP contribution in [-0.4, -0.2) is 5.11 Å². The highest BCUT2D eigenvalue weighted by atomic mass is 79.9. The lowest BCUT2D eigenvalue weighted by Gasteiger charge is -2.10. The molecule has 4 heteroatoms. The van der Waals surface area contributed by atoms with Crippen molar-refractivity contribution in [2.75, 3.05) is 5.73 Å². The van der Waals surface area contributed by atoms with E-state index in [1.54, 1.807) is 0 Å². The standard InChI is InChI=1S/C14H14BrNO2/c15-13-2-1-3-14(16)12(13)9-18-11-6-4-10(8-17)5-7-11/h1-7,17H,8-9,16H2. The second-order valence-electron chi connectivity index (χ2n) is 3.90. The summed E-state index contributed by atoms with van der Waals surface area (Å²) in [5.41, 5.74) is 8.39. The first-order valence-electron chi connectivity index (χ1n) is 5.56. The van der Waals surface area contributed by atoms with E-state index in [1.807, 2.05) is 42.5 Å². The van der Waals surface area contributed by atoms with Crippen LogP contribution in [0.4, 0.5) is 5.69 Å². The normalized spacial score (nSPS) is 10.3. The molecule has 0 aliphatic carbocycles. The Morgan fingerprint density at radius 2 is 1.83 bits per heavy atom. The minimum atomic E-state index is 0.0391. The third-order valence-corrected chi connectivity index (χ3v) is 3.39. The maximum atomic E-state index is 8.95. The van der Waals surface area contributed by atoms with Gasteiger partial charge in [0.2, 0.25) is 0 Å². The van der Waals surface area contributed by atoms with Crippen molar-refractivity contribution in [2.24, 2.45) is 0 Å². The molecule has 0 unspecified atom stereocenters. The molecule has 2 aromatic carbocycles. The monoisotopic (exact) mass is 307 g/mol. The third kappa shape index (κ3) is 3.03. The van der Waals surface area contributed by atoms with Crippen LogP contribution in [0.1, 0.15) is 11.1 Å². The van der Waals surface area contributed by atoms with Gasteiger partial charge in [-0.05, 0) is 29.8 Å². The molecule has 3 N–H and O–H groups in total. The Balaban J connectivity index is 2.06. The summed E-state index contributed by atoms with van der Waals surface area (Å²) in [5.74, 6) is 0.752. The smallest absolute Gasteiger partial charge is 0.119 e. The first-order valence-corrected chi connectivity index (χ1v) is 6.35. The van der Waals surface area contributed by atoms with E-state index < -0.39 is 0 Å². The molecule has 2 aromatic rings. The number of halogens is 1. The minimum Gasteiger partial charge on any atom is -0.489 e. The van der Waals surface area contributed by atoms with Crippen molar-refractivity contribution in [2.45, 2.75) is 13.2 Å². The Labute approximate surface area is 114 Å². The summed E-state index contributed by atoms with van der Waals surface area (Å²) in [4.78, 5) is 0. The van der Waals surface area contributed by atoms with Gasteiger partial charge in [-0.2, -0.15) is 0 Å². The van der Waals surface area contributed by atoms with Gasteiger partial charge < -0.3 is 15.6 Å². The summed E-state index contributed by atoms with van der Waals surface area (Å²) < 4.78 is 6.60. The molecule has 0 heterocycles. The molecule has 0 fully saturated rings. The molecule has 0 bridgehead atoms. The molecule has 0 aromatic heterocycles. The van der Waals surface area contributed by atoms with Crippen LogP contribution in [0.2, 0.25) is 0 Å². The van der Waals surface area contributed by atoms with Crippen molar-refractivity contribution in [3.63, 3.8) is 0 Å². The summed E-state index contributed by atoms with van der Waals surface area (Å²) in [6, 6.07) is 13.0. The van der Waals surface area contributed by atoms with Gasteiger partial charge in [-0.3, -0.25) is 0 Å². The molecule has 3 nitrogen and oxygen atoms in total. The van der Waals surface area contributed by atoms with Crippen LogP contribution < -0.4 is 10.5 Å². The third-order valence-electron chi connectivity index (χ3n) is 2.64. The van der Waals surface area contributed by atoms with Crippen molar-refractivity contribution in [1.82, 2.24) is 0 Å². The summed E-state index contributed by atoms with van der Waals surface area (Å²) in [7, 11) is 0. The summed E-state index contributed by atoms with van der Waals surface area (Å²) >= 11 is 3.45. The van der Waals surface area contributed by atoms with E-state index in [9.17, 15) is 0 Å². The second kappa shape index (κ2) is 5.89. The van der Waals surface area contributed by atoms with Gasteiger partial charge in [0.25, 0.3) is 0 Å². The van der Waals surface area contributed by atoms with Crippen molar-refractivity contribution in [3.05, 3.63) is 58.1 Å². The highest BCUT2D eigenvalue weighted by Gasteiger charge is 2.05. The van der Waals surface area contributed by atoms with E-state index >= 15 is 0 Å². The first-order chi connectivity index (χ1) is 8.70. The van der Waals surface area contributed by atoms with Crippen LogP contribution >= 0.6 is 15.9 Å². The predicted octanol–water partition coefficient (Wildman–Crippen LogP) is 3.10. The van der Waals surface area contributed by atoms with Crippen LogP contribution in [0.3, 0.4) is 0 Å². The lowest BCUT2D eigenvalue weighted by molar-refractivity contribution is 0.280. The van der Waals surface area contributed by atoms with Gasteiger partial charge in [-0.1, -0.05) is 34.1 Å². The maximum absolute atomic E-state index is 8.95. The number of hydrogen-bond acceptors (Lipinski definition) is 3. The molecule has 0 atom stereocenters. The number of anilines is 1. The molecule has 0 radical (unpaired) electrons. The zero-order valence-electron chi connectivity index (χ0n) is 9.77. The minimum absolute atomic E-state index is 0.0391. The number of nitrogen functional groups attached to an aromatic ring is 1. The molecular weight excluding hydrogens is 294 g/mol. The Kier molecular flexibility index (Phi) is 4.23. The van der Waals surface area contributed by atoms with Gasteiger partial charge in [0.05, 0.1) is 6.61 Å². The zero-order valence-corrected chi connectivity index (χ0v) is 11.4. The molecule has 94 valence electrons. The van der Waals surface area contributed by atoms with Crippen molar-refractivity contribution >= 4 is 21.6 Å². The van der Waals surface area contributed by atoms with Crippen molar-refractivity contribution < 1.29 is 9.84 Å². The quantitative estimate of drug-likeness (QED) is 0.853. The van der Waals surface area contributed by atoms with Gasteiger partial charge in [-0.25, -0.2) is 0 Å². The van der Waals surface area contributed by atoms with E-state index in [0.717, 1.165) is 21.3 Å². The first kappa shape index (κ1) is 12.9. The Morgan fingerprint density at radius 3 is 2.44 bits per heavy atom. The van der Waals surface area contributed by atoms with Crippen molar-refractivity contribution in [3.8, 4) is 5.75 Å². The molecule has 0 saturated carbocycles. The molecule has 0 spiro atoms. The van der Waals surface area contributed by atoms with Crippen LogP contribution in [0, 0.1) is 0 Å². The van der Waals surface area contributed by atoms with Gasteiger partial charge in [0.15, 0.2) is 0 Å². The Bertz CT molecular complexity index is 506. The van der Waals surface area contributed by atoms with Crippen LogP contribution in [0.15, 0.2) is 46.9 Å². The zero-order chi connectivity index (χ0) is 13.0. The average Bonchev–Trinajstić information content (AvgIpc) is 2.39. The van der Waals surface area contributed by atoms with E-state index in [0.29, 0.717) is 12.3 Å². The second-order valence-corrected chi connectivity index (χ2v) is 4.75. The SMILES string of the molecule is Nc1cccc(Br)c1COc1ccc(CO)cc1. The van der Waals surface area contributed by atoms with E-state index in [4.69, 9.17) is 15.6 Å². The number of rotatable bonds is 4. The number of ether oxygens (including phenoxy) is 1. The molecule has 0 saturated heterocycles. The number of nitrogens with two attached hydrogens (primary N) is 1. The van der Waals surface area contributed by atoms with Crippen LogP contribution in [-0.2, 0) is 13.2 Å². The Hall–Kier alpha value is -1.52. The van der Waals surface area contributed by atoms with Crippen LogP contribution in [0.5, 0.6) is 5.75 Å². The number of benzene rings is 2. The van der Waals surface area contributed by atoms with Gasteiger partial charge >= 0.3 is 0 Å². The van der Waals surface area contributed by atoms with E-state index in [1.165, 1.54) is 0 Å². The number of aliphatic hydroxyl groups is 1. The molecule has 0 amide bonds. The summed E-state index contributed by atoms with van der Waals surface area (Å²) in [5, 5.41) is 8.95. The lowest BCUT2D eigenvalue weighted by Crippen LogP contribution is -2.01. The van der Waals surface area contributed by atoms with Crippen molar-refractivity contribution in [1.29, 1.82) is 0 Å². The fourth-order valence-electron chi connectivity index (χ4n) is 1.57. The lowest BCUT2D eigenvalue weighted by atomic mass is 10.2. The summed E-state index contributed by atoms with van der Waals surface area (Å²) in [6.07, 6.45) is 0. The van der Waals surface area contributed by atoms with Crippen LogP contribution in [0.25, 0.3) is 0 Å².